The first-order valence-electron chi connectivity index (χ1n) is 10.6. The van der Waals surface area contributed by atoms with Gasteiger partial charge in [-0.25, -0.2) is 0 Å². The van der Waals surface area contributed by atoms with E-state index in [1.807, 2.05) is 18.2 Å². The third kappa shape index (κ3) is 5.12. The average molecular weight is 386 g/mol. The Morgan fingerprint density at radius 1 is 0.893 bits per heavy atom. The summed E-state index contributed by atoms with van der Waals surface area (Å²) < 4.78 is 11.3. The summed E-state index contributed by atoms with van der Waals surface area (Å²) in [7, 11) is 0. The monoisotopic (exact) mass is 385 g/mol. The lowest BCUT2D eigenvalue weighted by molar-refractivity contribution is -0.152. The van der Waals surface area contributed by atoms with Crippen LogP contribution in [0.25, 0.3) is 10.8 Å². The number of rotatable bonds is 12. The summed E-state index contributed by atoms with van der Waals surface area (Å²) >= 11 is 0. The van der Waals surface area contributed by atoms with Gasteiger partial charge in [-0.05, 0) is 42.3 Å². The van der Waals surface area contributed by atoms with Gasteiger partial charge in [0.25, 0.3) is 0 Å². The first-order chi connectivity index (χ1) is 13.6. The summed E-state index contributed by atoms with van der Waals surface area (Å²) in [5, 5.41) is 2.28. The second-order valence-electron chi connectivity index (χ2n) is 7.09. The largest absolute Gasteiger partial charge is 0.463 e. The highest BCUT2D eigenvalue weighted by molar-refractivity contribution is 5.93. The minimum atomic E-state index is -0.623. The lowest BCUT2D eigenvalue weighted by Crippen LogP contribution is -2.37. The second-order valence-corrected chi connectivity index (χ2v) is 7.09. The zero-order chi connectivity index (χ0) is 20.4. The molecule has 0 saturated carbocycles. The van der Waals surface area contributed by atoms with Gasteiger partial charge in [-0.15, -0.1) is 0 Å². The van der Waals surface area contributed by atoms with Gasteiger partial charge in [-0.3, -0.25) is 4.79 Å². The van der Waals surface area contributed by atoms with Crippen LogP contribution in [0.3, 0.4) is 0 Å². The molecule has 0 unspecified atom stereocenters. The quantitative estimate of drug-likeness (QED) is 0.389. The molecule has 0 heterocycles. The van der Waals surface area contributed by atoms with Gasteiger partial charge in [-0.1, -0.05) is 70.2 Å². The normalized spacial score (nSPS) is 11.9. The lowest BCUT2D eigenvalue weighted by atomic mass is 9.74. The average Bonchev–Trinajstić information content (AvgIpc) is 2.74. The minimum absolute atomic E-state index is 0.152. The van der Waals surface area contributed by atoms with E-state index in [0.29, 0.717) is 32.7 Å². The molecule has 0 N–H and O–H groups in total. The van der Waals surface area contributed by atoms with Crippen LogP contribution in [0.1, 0.15) is 46.1 Å². The predicted octanol–water partition coefficient (Wildman–Crippen LogP) is 4.80. The molecule has 0 saturated heterocycles. The predicted molar refractivity (Wildman–Crippen MR) is 116 cm³/mol. The molecule has 0 bridgehead atoms. The number of carbonyl (C=O) groups excluding carboxylic acids is 1. The maximum absolute atomic E-state index is 13.1. The molecule has 2 aromatic rings. The zero-order valence-electron chi connectivity index (χ0n) is 17.9. The molecule has 0 aliphatic carbocycles. The van der Waals surface area contributed by atoms with Crippen LogP contribution in [0.15, 0.2) is 42.5 Å². The number of ether oxygens (including phenoxy) is 2. The Bertz CT molecular complexity index is 730. The fraction of sp³-hybridized carbons (Fsp3) is 0.542. The number of benzene rings is 2. The maximum Gasteiger partial charge on any atom is 0.316 e. The van der Waals surface area contributed by atoms with Crippen molar-refractivity contribution in [2.45, 2.75) is 46.0 Å². The number of fused-ring (bicyclic) bond motifs is 1. The molecule has 0 amide bonds. The van der Waals surface area contributed by atoms with Crippen molar-refractivity contribution in [1.29, 1.82) is 0 Å². The fourth-order valence-electron chi connectivity index (χ4n) is 3.84. The van der Waals surface area contributed by atoms with E-state index in [9.17, 15) is 4.79 Å². The van der Waals surface area contributed by atoms with Crippen molar-refractivity contribution in [2.24, 2.45) is 0 Å². The highest BCUT2D eigenvalue weighted by atomic mass is 16.6. The summed E-state index contributed by atoms with van der Waals surface area (Å²) in [6.45, 7) is 12.8. The number of esters is 1. The Kier molecular flexibility index (Phi) is 8.94. The van der Waals surface area contributed by atoms with Crippen LogP contribution >= 0.6 is 0 Å². The van der Waals surface area contributed by atoms with Crippen LogP contribution in [0, 0.1) is 0 Å². The smallest absolute Gasteiger partial charge is 0.316 e. The summed E-state index contributed by atoms with van der Waals surface area (Å²) in [6, 6.07) is 14.4. The van der Waals surface area contributed by atoms with E-state index in [1.54, 1.807) is 0 Å². The molecular formula is C24H35NO3. The van der Waals surface area contributed by atoms with E-state index in [-0.39, 0.29) is 5.97 Å². The van der Waals surface area contributed by atoms with E-state index < -0.39 is 5.41 Å². The molecular weight excluding hydrogens is 350 g/mol. The molecule has 28 heavy (non-hydrogen) atoms. The Labute approximate surface area is 169 Å². The molecule has 2 rings (SSSR count). The molecule has 154 valence electrons. The molecule has 4 nitrogen and oxygen atoms in total. The van der Waals surface area contributed by atoms with Gasteiger partial charge in [0.1, 0.15) is 6.61 Å². The van der Waals surface area contributed by atoms with Crippen LogP contribution < -0.4 is 0 Å². The van der Waals surface area contributed by atoms with E-state index in [4.69, 9.17) is 9.47 Å². The van der Waals surface area contributed by atoms with Crippen molar-refractivity contribution in [2.75, 3.05) is 39.5 Å². The summed E-state index contributed by atoms with van der Waals surface area (Å²) in [5.41, 5.74) is 0.435. The van der Waals surface area contributed by atoms with Crippen LogP contribution in [0.5, 0.6) is 0 Å². The van der Waals surface area contributed by atoms with Gasteiger partial charge in [0.15, 0.2) is 0 Å². The lowest BCUT2D eigenvalue weighted by Gasteiger charge is -2.31. The third-order valence-electron chi connectivity index (χ3n) is 5.81. The number of hydrogen-bond donors (Lipinski definition) is 0. The maximum atomic E-state index is 13.1. The second kappa shape index (κ2) is 11.2. The molecule has 0 fully saturated rings. The van der Waals surface area contributed by atoms with E-state index in [2.05, 4.69) is 56.9 Å². The van der Waals surface area contributed by atoms with Crippen molar-refractivity contribution in [3.8, 4) is 0 Å². The van der Waals surface area contributed by atoms with E-state index in [1.165, 1.54) is 0 Å². The number of hydrogen-bond acceptors (Lipinski definition) is 4. The van der Waals surface area contributed by atoms with Crippen LogP contribution in [0.4, 0.5) is 0 Å². The van der Waals surface area contributed by atoms with Gasteiger partial charge in [0, 0.05) is 6.54 Å². The molecule has 2 aromatic carbocycles. The van der Waals surface area contributed by atoms with Crippen molar-refractivity contribution < 1.29 is 14.3 Å². The first-order valence-corrected chi connectivity index (χ1v) is 10.6. The third-order valence-corrected chi connectivity index (χ3v) is 5.81. The fourth-order valence-corrected chi connectivity index (χ4v) is 3.84. The Hall–Kier alpha value is -1.91. The van der Waals surface area contributed by atoms with Crippen molar-refractivity contribution in [1.82, 2.24) is 4.90 Å². The molecule has 0 aliphatic rings. The zero-order valence-corrected chi connectivity index (χ0v) is 17.9. The Balaban J connectivity index is 2.01. The highest BCUT2D eigenvalue weighted by Gasteiger charge is 2.39. The molecule has 0 aromatic heterocycles. The summed E-state index contributed by atoms with van der Waals surface area (Å²) in [5.74, 6) is -0.152. The van der Waals surface area contributed by atoms with Crippen molar-refractivity contribution in [3.63, 3.8) is 0 Å². The molecule has 4 heteroatoms. The molecule has 0 atom stereocenters. The number of likely N-dealkylation sites (N-methyl/N-ethyl adjacent to an activating group) is 1. The molecule has 0 aliphatic heterocycles. The van der Waals surface area contributed by atoms with Crippen LogP contribution in [-0.4, -0.2) is 50.3 Å². The highest BCUT2D eigenvalue weighted by Crippen LogP contribution is 2.37. The van der Waals surface area contributed by atoms with Gasteiger partial charge in [0.2, 0.25) is 0 Å². The minimum Gasteiger partial charge on any atom is -0.463 e. The van der Waals surface area contributed by atoms with Crippen molar-refractivity contribution in [3.05, 3.63) is 48.0 Å². The number of nitrogens with zero attached hydrogens (tertiary/aromatic N) is 1. The standard InChI is InChI=1S/C24H35NO3/c1-5-24(6-2,22-15-11-13-20-12-9-10-14-21(20)22)23(26)28-19-18-27-17-16-25(7-3)8-4/h9-15H,5-8,16-19H2,1-4H3. The topological polar surface area (TPSA) is 38.8 Å². The molecule has 0 spiro atoms. The van der Waals surface area contributed by atoms with Crippen LogP contribution in [-0.2, 0) is 19.7 Å². The Morgan fingerprint density at radius 2 is 1.57 bits per heavy atom. The van der Waals surface area contributed by atoms with Crippen molar-refractivity contribution >= 4 is 16.7 Å². The summed E-state index contributed by atoms with van der Waals surface area (Å²) in [6.07, 6.45) is 1.41. The van der Waals surface area contributed by atoms with E-state index in [0.717, 1.165) is 36.0 Å². The Morgan fingerprint density at radius 3 is 2.25 bits per heavy atom. The first kappa shape index (κ1) is 22.4. The van der Waals surface area contributed by atoms with E-state index >= 15 is 0 Å². The SMILES string of the molecule is CCN(CC)CCOCCOC(=O)C(CC)(CC)c1cccc2ccccc12. The van der Waals surface area contributed by atoms with Crippen LogP contribution in [0.2, 0.25) is 0 Å². The van der Waals surface area contributed by atoms with Gasteiger partial charge < -0.3 is 14.4 Å². The summed E-state index contributed by atoms with van der Waals surface area (Å²) in [4.78, 5) is 15.4. The van der Waals surface area contributed by atoms with Gasteiger partial charge in [-0.2, -0.15) is 0 Å². The number of carbonyl (C=O) groups is 1. The molecule has 0 radical (unpaired) electrons. The van der Waals surface area contributed by atoms with Gasteiger partial charge >= 0.3 is 5.97 Å². The van der Waals surface area contributed by atoms with Gasteiger partial charge in [0.05, 0.1) is 18.6 Å².